The Labute approximate surface area is 115 Å². The number of H-pyrrole nitrogens is 1. The zero-order valence-electron chi connectivity index (χ0n) is 11.3. The van der Waals surface area contributed by atoms with Crippen molar-refractivity contribution in [3.8, 4) is 0 Å². The first-order valence-electron chi connectivity index (χ1n) is 6.27. The molecule has 2 heterocycles. The van der Waals surface area contributed by atoms with Gasteiger partial charge in [-0.1, -0.05) is 0 Å². The predicted molar refractivity (Wildman–Crippen MR) is 78.9 cm³/mol. The summed E-state index contributed by atoms with van der Waals surface area (Å²) < 4.78 is 1.83. The van der Waals surface area contributed by atoms with Crippen LogP contribution < -0.4 is 10.6 Å². The van der Waals surface area contributed by atoms with Crippen molar-refractivity contribution in [1.29, 1.82) is 0 Å². The third-order valence-electron chi connectivity index (χ3n) is 3.24. The lowest BCUT2D eigenvalue weighted by molar-refractivity contribution is 0.262. The quantitative estimate of drug-likeness (QED) is 0.669. The van der Waals surface area contributed by atoms with Gasteiger partial charge in [0.15, 0.2) is 0 Å². The fraction of sp³-hybridized carbons (Fsp3) is 0.143. The van der Waals surface area contributed by atoms with E-state index in [1.807, 2.05) is 36.9 Å². The minimum Gasteiger partial charge on any atom is -0.366 e. The van der Waals surface area contributed by atoms with Crippen LogP contribution >= 0.6 is 0 Å². The number of amides is 2. The van der Waals surface area contributed by atoms with Gasteiger partial charge in [0.25, 0.3) is 0 Å². The van der Waals surface area contributed by atoms with E-state index in [4.69, 9.17) is 0 Å². The number of aromatic amines is 1. The second-order valence-corrected chi connectivity index (χ2v) is 4.62. The monoisotopic (exact) mass is 269 g/mol. The minimum atomic E-state index is -0.281. The molecule has 6 nitrogen and oxygen atoms in total. The molecule has 0 saturated heterocycles. The van der Waals surface area contributed by atoms with Crippen molar-refractivity contribution in [3.05, 3.63) is 42.4 Å². The van der Waals surface area contributed by atoms with Crippen molar-refractivity contribution in [2.24, 2.45) is 7.05 Å². The highest BCUT2D eigenvalue weighted by atomic mass is 16.2. The maximum absolute atomic E-state index is 11.8. The van der Waals surface area contributed by atoms with Gasteiger partial charge in [0.1, 0.15) is 0 Å². The van der Waals surface area contributed by atoms with Gasteiger partial charge in [-0.15, -0.1) is 0 Å². The SMILES string of the molecule is Cc1c2ccc(NC(=O)Nc3cc[nH]c3)cc2nn1C. The molecule has 0 bridgehead atoms. The number of urea groups is 1. The molecule has 2 amide bonds. The van der Waals surface area contributed by atoms with Gasteiger partial charge in [-0.3, -0.25) is 4.68 Å². The molecule has 0 spiro atoms. The number of benzene rings is 1. The normalized spacial score (nSPS) is 10.7. The molecule has 0 aliphatic carbocycles. The summed E-state index contributed by atoms with van der Waals surface area (Å²) in [7, 11) is 1.90. The van der Waals surface area contributed by atoms with Gasteiger partial charge in [0.2, 0.25) is 0 Å². The van der Waals surface area contributed by atoms with Crippen LogP contribution in [0.5, 0.6) is 0 Å². The molecule has 0 aliphatic heterocycles. The molecule has 0 unspecified atom stereocenters. The fourth-order valence-electron chi connectivity index (χ4n) is 2.10. The zero-order valence-corrected chi connectivity index (χ0v) is 11.3. The zero-order chi connectivity index (χ0) is 14.1. The van der Waals surface area contributed by atoms with Crippen LogP contribution in [-0.2, 0) is 7.05 Å². The number of nitrogens with one attached hydrogen (secondary N) is 3. The number of aromatic nitrogens is 3. The number of rotatable bonds is 2. The van der Waals surface area contributed by atoms with Crippen molar-refractivity contribution >= 4 is 28.3 Å². The van der Waals surface area contributed by atoms with Crippen molar-refractivity contribution in [2.45, 2.75) is 6.92 Å². The minimum absolute atomic E-state index is 0.281. The molecular weight excluding hydrogens is 254 g/mol. The molecule has 2 aromatic heterocycles. The first-order valence-corrected chi connectivity index (χ1v) is 6.27. The van der Waals surface area contributed by atoms with Crippen molar-refractivity contribution in [1.82, 2.24) is 14.8 Å². The molecule has 20 heavy (non-hydrogen) atoms. The molecule has 3 aromatic rings. The van der Waals surface area contributed by atoms with E-state index in [1.54, 1.807) is 18.5 Å². The van der Waals surface area contributed by atoms with Gasteiger partial charge in [0, 0.05) is 36.2 Å². The predicted octanol–water partition coefficient (Wildman–Crippen LogP) is 2.85. The molecule has 3 rings (SSSR count). The standard InChI is InChI=1S/C14H15N5O/c1-9-12-4-3-10(7-13(12)18-19(9)2)16-14(20)17-11-5-6-15-8-11/h3-8,15H,1-2H3,(H2,16,17,20). The van der Waals surface area contributed by atoms with E-state index in [9.17, 15) is 4.79 Å². The topological polar surface area (TPSA) is 74.7 Å². The molecular formula is C14H15N5O. The molecule has 6 heteroatoms. The number of fused-ring (bicyclic) bond motifs is 1. The number of anilines is 2. The number of hydrogen-bond acceptors (Lipinski definition) is 2. The molecule has 0 atom stereocenters. The highest BCUT2D eigenvalue weighted by molar-refractivity contribution is 6.00. The van der Waals surface area contributed by atoms with E-state index in [0.717, 1.165) is 22.3 Å². The molecule has 102 valence electrons. The van der Waals surface area contributed by atoms with Gasteiger partial charge in [-0.2, -0.15) is 5.10 Å². The highest BCUT2D eigenvalue weighted by Gasteiger charge is 2.07. The van der Waals surface area contributed by atoms with Crippen LogP contribution in [0, 0.1) is 6.92 Å². The largest absolute Gasteiger partial charge is 0.366 e. The summed E-state index contributed by atoms with van der Waals surface area (Å²) in [5, 5.41) is 11.0. The van der Waals surface area contributed by atoms with E-state index >= 15 is 0 Å². The Morgan fingerprint density at radius 1 is 1.25 bits per heavy atom. The van der Waals surface area contributed by atoms with Crippen LogP contribution in [-0.4, -0.2) is 20.8 Å². The molecule has 0 radical (unpaired) electrons. The number of carbonyl (C=O) groups excluding carboxylic acids is 1. The Morgan fingerprint density at radius 3 is 2.80 bits per heavy atom. The smallest absolute Gasteiger partial charge is 0.323 e. The third kappa shape index (κ3) is 2.23. The molecule has 0 fully saturated rings. The van der Waals surface area contributed by atoms with E-state index in [2.05, 4.69) is 20.7 Å². The van der Waals surface area contributed by atoms with E-state index in [1.165, 1.54) is 0 Å². The lowest BCUT2D eigenvalue weighted by Crippen LogP contribution is -2.18. The van der Waals surface area contributed by atoms with Crippen molar-refractivity contribution in [3.63, 3.8) is 0 Å². The number of hydrogen-bond donors (Lipinski definition) is 3. The second kappa shape index (κ2) is 4.73. The highest BCUT2D eigenvalue weighted by Crippen LogP contribution is 2.21. The van der Waals surface area contributed by atoms with Crippen LogP contribution in [0.1, 0.15) is 5.69 Å². The van der Waals surface area contributed by atoms with E-state index in [-0.39, 0.29) is 6.03 Å². The average Bonchev–Trinajstić information content (AvgIpc) is 2.99. The van der Waals surface area contributed by atoms with E-state index < -0.39 is 0 Å². The maximum Gasteiger partial charge on any atom is 0.323 e. The molecule has 3 N–H and O–H groups in total. The summed E-state index contributed by atoms with van der Waals surface area (Å²) in [6.07, 6.45) is 3.46. The van der Waals surface area contributed by atoms with Gasteiger partial charge in [-0.05, 0) is 31.2 Å². The van der Waals surface area contributed by atoms with Gasteiger partial charge in [-0.25, -0.2) is 4.79 Å². The average molecular weight is 269 g/mol. The summed E-state index contributed by atoms with van der Waals surface area (Å²) in [6, 6.07) is 7.19. The van der Waals surface area contributed by atoms with Crippen LogP contribution in [0.3, 0.4) is 0 Å². The molecule has 0 saturated carbocycles. The third-order valence-corrected chi connectivity index (χ3v) is 3.24. The number of aryl methyl sites for hydroxylation is 2. The summed E-state index contributed by atoms with van der Waals surface area (Å²) in [5.74, 6) is 0. The van der Waals surface area contributed by atoms with Gasteiger partial charge >= 0.3 is 6.03 Å². The lowest BCUT2D eigenvalue weighted by atomic mass is 10.2. The Balaban J connectivity index is 1.79. The number of nitrogens with zero attached hydrogens (tertiary/aromatic N) is 2. The fourth-order valence-corrected chi connectivity index (χ4v) is 2.10. The maximum atomic E-state index is 11.8. The van der Waals surface area contributed by atoms with Crippen LogP contribution in [0.15, 0.2) is 36.7 Å². The number of carbonyl (C=O) groups is 1. The van der Waals surface area contributed by atoms with Gasteiger partial charge < -0.3 is 15.6 Å². The van der Waals surface area contributed by atoms with Crippen LogP contribution in [0.2, 0.25) is 0 Å². The van der Waals surface area contributed by atoms with Crippen molar-refractivity contribution < 1.29 is 4.79 Å². The van der Waals surface area contributed by atoms with Gasteiger partial charge in [0.05, 0.1) is 11.2 Å². The van der Waals surface area contributed by atoms with E-state index in [0.29, 0.717) is 5.69 Å². The van der Waals surface area contributed by atoms with Crippen LogP contribution in [0.4, 0.5) is 16.2 Å². The summed E-state index contributed by atoms with van der Waals surface area (Å²) in [6.45, 7) is 2.01. The Kier molecular flexibility index (Phi) is 2.90. The van der Waals surface area contributed by atoms with Crippen molar-refractivity contribution in [2.75, 3.05) is 10.6 Å². The Morgan fingerprint density at radius 2 is 2.05 bits per heavy atom. The summed E-state index contributed by atoms with van der Waals surface area (Å²) in [4.78, 5) is 14.7. The first kappa shape index (κ1) is 12.3. The Hall–Kier alpha value is -2.76. The van der Waals surface area contributed by atoms with Crippen LogP contribution in [0.25, 0.3) is 10.9 Å². The second-order valence-electron chi connectivity index (χ2n) is 4.62. The Bertz CT molecular complexity index is 757. The first-order chi connectivity index (χ1) is 9.63. The molecule has 0 aliphatic rings. The molecule has 1 aromatic carbocycles. The summed E-state index contributed by atoms with van der Waals surface area (Å²) in [5.41, 5.74) is 3.40. The lowest BCUT2D eigenvalue weighted by Gasteiger charge is -2.05. The summed E-state index contributed by atoms with van der Waals surface area (Å²) >= 11 is 0.